The van der Waals surface area contributed by atoms with Crippen molar-refractivity contribution in [3.8, 4) is 11.4 Å². The highest BCUT2D eigenvalue weighted by Crippen LogP contribution is 2.22. The zero-order chi connectivity index (χ0) is 12.7. The summed E-state index contributed by atoms with van der Waals surface area (Å²) in [5, 5.41) is 1.16. The van der Waals surface area contributed by atoms with E-state index in [9.17, 15) is 0 Å². The van der Waals surface area contributed by atoms with E-state index in [2.05, 4.69) is 26.0 Å². The number of aromatic nitrogens is 4. The summed E-state index contributed by atoms with van der Waals surface area (Å²) < 4.78 is 0. The highest BCUT2D eigenvalue weighted by Gasteiger charge is 2.04. The molecule has 3 heterocycles. The highest BCUT2D eigenvalue weighted by atomic mass is 14.9. The Hall–Kier alpha value is -2.75. The van der Waals surface area contributed by atoms with Crippen LogP contribution >= 0.6 is 0 Å². The normalized spacial score (nSPS) is 11.2. The number of H-pyrrole nitrogens is 1. The monoisotopic (exact) mass is 246 g/mol. The third-order valence-electron chi connectivity index (χ3n) is 3.16. The van der Waals surface area contributed by atoms with E-state index in [0.29, 0.717) is 0 Å². The second kappa shape index (κ2) is 3.88. The van der Waals surface area contributed by atoms with Gasteiger partial charge in [0.25, 0.3) is 0 Å². The number of hydrogen-bond acceptors (Lipinski definition) is 3. The van der Waals surface area contributed by atoms with Crippen molar-refractivity contribution in [1.82, 2.24) is 19.9 Å². The van der Waals surface area contributed by atoms with Crippen LogP contribution in [0.5, 0.6) is 0 Å². The Morgan fingerprint density at radius 3 is 2.95 bits per heavy atom. The maximum absolute atomic E-state index is 4.55. The minimum absolute atomic E-state index is 0.726. The van der Waals surface area contributed by atoms with Crippen molar-refractivity contribution in [2.24, 2.45) is 0 Å². The van der Waals surface area contributed by atoms with Gasteiger partial charge in [-0.05, 0) is 36.4 Å². The van der Waals surface area contributed by atoms with Gasteiger partial charge in [0.05, 0.1) is 11.7 Å². The van der Waals surface area contributed by atoms with Crippen LogP contribution in [0.2, 0.25) is 0 Å². The molecule has 0 amide bonds. The number of fused-ring (bicyclic) bond motifs is 2. The minimum atomic E-state index is 0.726. The zero-order valence-electron chi connectivity index (χ0n) is 10.0. The van der Waals surface area contributed by atoms with Gasteiger partial charge < -0.3 is 4.98 Å². The number of aromatic amines is 1. The molecule has 3 aromatic heterocycles. The molecule has 4 heteroatoms. The summed E-state index contributed by atoms with van der Waals surface area (Å²) >= 11 is 0. The molecule has 0 spiro atoms. The van der Waals surface area contributed by atoms with Crippen molar-refractivity contribution in [2.75, 3.05) is 0 Å². The molecule has 0 aliphatic rings. The minimum Gasteiger partial charge on any atom is -0.361 e. The van der Waals surface area contributed by atoms with E-state index in [0.717, 1.165) is 33.3 Å². The van der Waals surface area contributed by atoms with Crippen LogP contribution in [0.1, 0.15) is 0 Å². The summed E-state index contributed by atoms with van der Waals surface area (Å²) in [6.45, 7) is 0. The van der Waals surface area contributed by atoms with Gasteiger partial charge >= 0.3 is 0 Å². The molecule has 19 heavy (non-hydrogen) atoms. The Balaban J connectivity index is 1.92. The number of nitrogens with one attached hydrogen (secondary N) is 1. The molecular formula is C15H10N4. The molecule has 4 rings (SSSR count). The molecule has 0 fully saturated rings. The Kier molecular flexibility index (Phi) is 2.08. The predicted molar refractivity (Wildman–Crippen MR) is 74.6 cm³/mol. The van der Waals surface area contributed by atoms with Gasteiger partial charge in [0, 0.05) is 28.9 Å². The molecule has 0 saturated heterocycles. The van der Waals surface area contributed by atoms with Gasteiger partial charge in [0.1, 0.15) is 5.52 Å². The smallest absolute Gasteiger partial charge is 0.159 e. The van der Waals surface area contributed by atoms with Crippen molar-refractivity contribution in [3.05, 3.63) is 55.0 Å². The van der Waals surface area contributed by atoms with Crippen LogP contribution in [0, 0.1) is 0 Å². The molecule has 0 unspecified atom stereocenters. The van der Waals surface area contributed by atoms with Gasteiger partial charge in [-0.25, -0.2) is 9.97 Å². The first-order valence-electron chi connectivity index (χ1n) is 6.05. The van der Waals surface area contributed by atoms with E-state index < -0.39 is 0 Å². The standard InChI is InChI=1S/C15H10N4/c1-2-13-14(16-6-1)9-18-15(19-13)11-3-4-12-10(8-11)5-7-17-12/h1-9,17H. The maximum Gasteiger partial charge on any atom is 0.159 e. The molecule has 0 radical (unpaired) electrons. The lowest BCUT2D eigenvalue weighted by atomic mass is 10.1. The number of pyridine rings is 1. The zero-order valence-corrected chi connectivity index (χ0v) is 10.0. The van der Waals surface area contributed by atoms with Crippen molar-refractivity contribution < 1.29 is 0 Å². The first-order valence-corrected chi connectivity index (χ1v) is 6.05. The molecule has 1 N–H and O–H groups in total. The van der Waals surface area contributed by atoms with Crippen LogP contribution in [0.3, 0.4) is 0 Å². The van der Waals surface area contributed by atoms with Crippen LogP contribution in [0.4, 0.5) is 0 Å². The van der Waals surface area contributed by atoms with Crippen LogP contribution < -0.4 is 0 Å². The fraction of sp³-hybridized carbons (Fsp3) is 0. The van der Waals surface area contributed by atoms with Gasteiger partial charge in [-0.2, -0.15) is 0 Å². The third kappa shape index (κ3) is 1.65. The fourth-order valence-corrected chi connectivity index (χ4v) is 2.20. The van der Waals surface area contributed by atoms with Crippen LogP contribution in [-0.4, -0.2) is 19.9 Å². The quantitative estimate of drug-likeness (QED) is 0.561. The maximum atomic E-state index is 4.55. The molecule has 0 bridgehead atoms. The number of nitrogens with zero attached hydrogens (tertiary/aromatic N) is 3. The van der Waals surface area contributed by atoms with Crippen LogP contribution in [0.15, 0.2) is 55.0 Å². The van der Waals surface area contributed by atoms with E-state index in [-0.39, 0.29) is 0 Å². The molecule has 1 aromatic carbocycles. The van der Waals surface area contributed by atoms with E-state index in [1.807, 2.05) is 36.5 Å². The van der Waals surface area contributed by atoms with Crippen LogP contribution in [-0.2, 0) is 0 Å². The number of hydrogen-bond donors (Lipinski definition) is 1. The topological polar surface area (TPSA) is 54.5 Å². The van der Waals surface area contributed by atoms with Gasteiger partial charge in [-0.1, -0.05) is 0 Å². The van der Waals surface area contributed by atoms with E-state index >= 15 is 0 Å². The van der Waals surface area contributed by atoms with Crippen molar-refractivity contribution in [1.29, 1.82) is 0 Å². The Labute approximate surface area is 109 Å². The average Bonchev–Trinajstić information content (AvgIpc) is 2.94. The molecule has 0 aliphatic carbocycles. The summed E-state index contributed by atoms with van der Waals surface area (Å²) in [6.07, 6.45) is 5.44. The molecule has 90 valence electrons. The highest BCUT2D eigenvalue weighted by molar-refractivity contribution is 5.84. The average molecular weight is 246 g/mol. The van der Waals surface area contributed by atoms with E-state index in [4.69, 9.17) is 0 Å². The Morgan fingerprint density at radius 1 is 0.947 bits per heavy atom. The van der Waals surface area contributed by atoms with Crippen molar-refractivity contribution >= 4 is 21.9 Å². The molecule has 0 saturated carbocycles. The third-order valence-corrected chi connectivity index (χ3v) is 3.16. The second-order valence-corrected chi connectivity index (χ2v) is 4.38. The Bertz CT molecular complexity index is 879. The summed E-state index contributed by atoms with van der Waals surface area (Å²) in [5.74, 6) is 0.726. The molecule has 4 aromatic rings. The van der Waals surface area contributed by atoms with Gasteiger partial charge in [0.2, 0.25) is 0 Å². The molecule has 0 aliphatic heterocycles. The first-order chi connectivity index (χ1) is 9.40. The lowest BCUT2D eigenvalue weighted by Gasteiger charge is -2.02. The largest absolute Gasteiger partial charge is 0.361 e. The van der Waals surface area contributed by atoms with Gasteiger partial charge in [0.15, 0.2) is 5.82 Å². The molecular weight excluding hydrogens is 236 g/mol. The van der Waals surface area contributed by atoms with Gasteiger partial charge in [-0.15, -0.1) is 0 Å². The predicted octanol–water partition coefficient (Wildman–Crippen LogP) is 3.17. The van der Waals surface area contributed by atoms with Crippen molar-refractivity contribution in [2.45, 2.75) is 0 Å². The molecule has 0 atom stereocenters. The van der Waals surface area contributed by atoms with Crippen LogP contribution in [0.25, 0.3) is 33.3 Å². The number of rotatable bonds is 1. The fourth-order valence-electron chi connectivity index (χ4n) is 2.20. The molecule has 4 nitrogen and oxygen atoms in total. The van der Waals surface area contributed by atoms with Gasteiger partial charge in [-0.3, -0.25) is 4.98 Å². The Morgan fingerprint density at radius 2 is 1.95 bits per heavy atom. The number of benzene rings is 1. The summed E-state index contributed by atoms with van der Waals surface area (Å²) in [7, 11) is 0. The van der Waals surface area contributed by atoms with Crippen molar-refractivity contribution in [3.63, 3.8) is 0 Å². The van der Waals surface area contributed by atoms with E-state index in [1.165, 1.54) is 0 Å². The summed E-state index contributed by atoms with van der Waals surface area (Å²) in [5.41, 5.74) is 3.81. The first kappa shape index (κ1) is 10.2. The summed E-state index contributed by atoms with van der Waals surface area (Å²) in [4.78, 5) is 16.3. The van der Waals surface area contributed by atoms with E-state index in [1.54, 1.807) is 12.4 Å². The lowest BCUT2D eigenvalue weighted by molar-refractivity contribution is 1.20. The summed E-state index contributed by atoms with van der Waals surface area (Å²) in [6, 6.07) is 12.0. The lowest BCUT2D eigenvalue weighted by Crippen LogP contribution is -1.90. The second-order valence-electron chi connectivity index (χ2n) is 4.38. The SMILES string of the molecule is c1cnc2cnc(-c3ccc4[nH]ccc4c3)nc2c1.